The molecule has 2 aliphatic heterocycles. The number of nitrogens with zero attached hydrogens (tertiary/aromatic N) is 2. The Hall–Kier alpha value is -3.06. The number of hydrogen-bond acceptors (Lipinski definition) is 4. The Bertz CT molecular complexity index is 994. The molecule has 0 aliphatic carbocycles. The Labute approximate surface area is 173 Å². The normalized spacial score (nSPS) is 18.3. The van der Waals surface area contributed by atoms with Crippen LogP contribution in [0.5, 0.6) is 5.75 Å². The molecule has 3 amide bonds. The third-order valence-electron chi connectivity index (χ3n) is 5.11. The van der Waals surface area contributed by atoms with E-state index in [9.17, 15) is 14.4 Å². The van der Waals surface area contributed by atoms with Gasteiger partial charge in [0.1, 0.15) is 5.75 Å². The first-order chi connectivity index (χ1) is 14.0. The van der Waals surface area contributed by atoms with Gasteiger partial charge in [-0.2, -0.15) is 0 Å². The second-order valence-corrected chi connectivity index (χ2v) is 7.33. The van der Waals surface area contributed by atoms with Gasteiger partial charge in [-0.05, 0) is 36.8 Å². The van der Waals surface area contributed by atoms with E-state index in [-0.39, 0.29) is 24.3 Å². The number of halogens is 1. The van der Waals surface area contributed by atoms with E-state index in [1.807, 2.05) is 0 Å². The molecule has 8 heteroatoms. The van der Waals surface area contributed by atoms with Gasteiger partial charge in [-0.1, -0.05) is 23.7 Å². The molecule has 1 atom stereocenters. The molecule has 0 radical (unpaired) electrons. The smallest absolute Gasteiger partial charge is 0.262 e. The largest absolute Gasteiger partial charge is 0.477 e. The molecule has 0 bridgehead atoms. The number of nitrogens with one attached hydrogen (secondary N) is 1. The molecule has 4 rings (SSSR count). The van der Waals surface area contributed by atoms with Gasteiger partial charge >= 0.3 is 0 Å². The van der Waals surface area contributed by atoms with Gasteiger partial charge in [0.05, 0.1) is 22.9 Å². The Morgan fingerprint density at radius 3 is 2.69 bits per heavy atom. The topological polar surface area (TPSA) is 79.0 Å². The first-order valence-corrected chi connectivity index (χ1v) is 9.76. The van der Waals surface area contributed by atoms with E-state index in [2.05, 4.69) is 5.32 Å². The molecule has 2 aromatic rings. The average Bonchev–Trinajstić information content (AvgIpc) is 3.17. The third-order valence-corrected chi connectivity index (χ3v) is 5.43. The van der Waals surface area contributed by atoms with E-state index in [1.54, 1.807) is 47.4 Å². The summed E-state index contributed by atoms with van der Waals surface area (Å²) < 4.78 is 5.76. The van der Waals surface area contributed by atoms with Crippen LogP contribution in [0.4, 0.5) is 11.4 Å². The summed E-state index contributed by atoms with van der Waals surface area (Å²) in [4.78, 5) is 40.8. The van der Waals surface area contributed by atoms with Crippen LogP contribution >= 0.6 is 11.6 Å². The number of para-hydroxylation sites is 2. The van der Waals surface area contributed by atoms with Gasteiger partial charge in [0.15, 0.2) is 6.10 Å². The lowest BCUT2D eigenvalue weighted by atomic mass is 10.1. The monoisotopic (exact) mass is 413 g/mol. The minimum absolute atomic E-state index is 0.00658. The SMILES string of the molecule is CNC(=O)[C@@H]1CN(C(=O)c2ccc(Cl)c(N3CCCC3=O)c2)c2ccccc2O1. The van der Waals surface area contributed by atoms with Crippen molar-refractivity contribution in [2.45, 2.75) is 18.9 Å². The fourth-order valence-corrected chi connectivity index (χ4v) is 3.86. The minimum atomic E-state index is -0.814. The van der Waals surface area contributed by atoms with Crippen LogP contribution in [0, 0.1) is 0 Å². The second-order valence-electron chi connectivity index (χ2n) is 6.92. The van der Waals surface area contributed by atoms with Crippen molar-refractivity contribution in [3.63, 3.8) is 0 Å². The number of likely N-dealkylation sites (N-methyl/N-ethyl adjacent to an activating group) is 1. The fourth-order valence-electron chi connectivity index (χ4n) is 3.64. The molecule has 2 aliphatic rings. The summed E-state index contributed by atoms with van der Waals surface area (Å²) in [5, 5.41) is 2.98. The summed E-state index contributed by atoms with van der Waals surface area (Å²) in [5.41, 5.74) is 1.51. The molecule has 1 fully saturated rings. The Morgan fingerprint density at radius 2 is 1.97 bits per heavy atom. The van der Waals surface area contributed by atoms with Gasteiger partial charge in [-0.3, -0.25) is 14.4 Å². The third kappa shape index (κ3) is 3.53. The predicted molar refractivity (Wildman–Crippen MR) is 110 cm³/mol. The summed E-state index contributed by atoms with van der Waals surface area (Å²) in [5.74, 6) is -0.145. The molecule has 0 aromatic heterocycles. The molecule has 1 saturated heterocycles. The first-order valence-electron chi connectivity index (χ1n) is 9.38. The Balaban J connectivity index is 1.70. The van der Waals surface area contributed by atoms with Crippen LogP contribution in [0.15, 0.2) is 42.5 Å². The highest BCUT2D eigenvalue weighted by atomic mass is 35.5. The maximum absolute atomic E-state index is 13.4. The summed E-state index contributed by atoms with van der Waals surface area (Å²) in [6.45, 7) is 0.658. The number of fused-ring (bicyclic) bond motifs is 1. The van der Waals surface area contributed by atoms with Crippen molar-refractivity contribution in [3.05, 3.63) is 53.1 Å². The number of rotatable bonds is 3. The fraction of sp³-hybridized carbons (Fsp3) is 0.286. The minimum Gasteiger partial charge on any atom is -0.477 e. The van der Waals surface area contributed by atoms with Crippen LogP contribution in [-0.4, -0.2) is 44.0 Å². The molecular weight excluding hydrogens is 394 g/mol. The lowest BCUT2D eigenvalue weighted by Crippen LogP contribution is -2.50. The highest BCUT2D eigenvalue weighted by Gasteiger charge is 2.34. The molecule has 7 nitrogen and oxygen atoms in total. The van der Waals surface area contributed by atoms with Crippen molar-refractivity contribution < 1.29 is 19.1 Å². The van der Waals surface area contributed by atoms with E-state index in [1.165, 1.54) is 11.9 Å². The molecule has 29 heavy (non-hydrogen) atoms. The van der Waals surface area contributed by atoms with Crippen molar-refractivity contribution in [1.29, 1.82) is 0 Å². The average molecular weight is 414 g/mol. The van der Waals surface area contributed by atoms with Crippen LogP contribution in [-0.2, 0) is 9.59 Å². The van der Waals surface area contributed by atoms with Crippen molar-refractivity contribution in [2.24, 2.45) is 0 Å². The molecule has 1 N–H and O–H groups in total. The van der Waals surface area contributed by atoms with Crippen LogP contribution in [0.3, 0.4) is 0 Å². The van der Waals surface area contributed by atoms with E-state index >= 15 is 0 Å². The number of benzene rings is 2. The number of carbonyl (C=O) groups excluding carboxylic acids is 3. The van der Waals surface area contributed by atoms with Crippen molar-refractivity contribution in [2.75, 3.05) is 29.9 Å². The number of amides is 3. The van der Waals surface area contributed by atoms with Gasteiger partial charge in [-0.25, -0.2) is 0 Å². The number of ether oxygens (including phenoxy) is 1. The molecular formula is C21H20ClN3O4. The molecule has 2 heterocycles. The van der Waals surface area contributed by atoms with Crippen molar-refractivity contribution in [1.82, 2.24) is 5.32 Å². The lowest BCUT2D eigenvalue weighted by Gasteiger charge is -2.34. The Kier molecular flexibility index (Phi) is 5.15. The highest BCUT2D eigenvalue weighted by molar-refractivity contribution is 6.34. The quantitative estimate of drug-likeness (QED) is 0.838. The summed E-state index contributed by atoms with van der Waals surface area (Å²) in [6.07, 6.45) is 0.419. The van der Waals surface area contributed by atoms with Crippen LogP contribution in [0.1, 0.15) is 23.2 Å². The van der Waals surface area contributed by atoms with Gasteiger partial charge in [-0.15, -0.1) is 0 Å². The van der Waals surface area contributed by atoms with Crippen LogP contribution in [0.25, 0.3) is 0 Å². The molecule has 0 spiro atoms. The van der Waals surface area contributed by atoms with E-state index in [0.29, 0.717) is 40.7 Å². The number of anilines is 2. The van der Waals surface area contributed by atoms with Gasteiger partial charge < -0.3 is 19.9 Å². The molecule has 150 valence electrons. The predicted octanol–water partition coefficient (Wildman–Crippen LogP) is 2.62. The summed E-state index contributed by atoms with van der Waals surface area (Å²) >= 11 is 6.30. The maximum atomic E-state index is 13.4. The summed E-state index contributed by atoms with van der Waals surface area (Å²) in [7, 11) is 1.52. The summed E-state index contributed by atoms with van der Waals surface area (Å²) in [6, 6.07) is 12.0. The zero-order valence-corrected chi connectivity index (χ0v) is 16.6. The lowest BCUT2D eigenvalue weighted by molar-refractivity contribution is -0.127. The van der Waals surface area contributed by atoms with E-state index < -0.39 is 6.10 Å². The zero-order valence-electron chi connectivity index (χ0n) is 15.9. The van der Waals surface area contributed by atoms with E-state index in [4.69, 9.17) is 16.3 Å². The zero-order chi connectivity index (χ0) is 20.5. The van der Waals surface area contributed by atoms with Crippen LogP contribution in [0.2, 0.25) is 5.02 Å². The van der Waals surface area contributed by atoms with Crippen LogP contribution < -0.4 is 19.9 Å². The molecule has 0 unspecified atom stereocenters. The number of hydrogen-bond donors (Lipinski definition) is 1. The van der Waals surface area contributed by atoms with Gasteiger partial charge in [0, 0.05) is 25.6 Å². The highest BCUT2D eigenvalue weighted by Crippen LogP contribution is 2.36. The molecule has 0 saturated carbocycles. The van der Waals surface area contributed by atoms with Gasteiger partial charge in [0.2, 0.25) is 5.91 Å². The van der Waals surface area contributed by atoms with Crippen molar-refractivity contribution in [3.8, 4) is 5.75 Å². The van der Waals surface area contributed by atoms with E-state index in [0.717, 1.165) is 6.42 Å². The van der Waals surface area contributed by atoms with Crippen molar-refractivity contribution >= 4 is 40.7 Å². The first kappa shape index (κ1) is 19.3. The standard InChI is InChI=1S/C21H20ClN3O4/c1-23-20(27)18-12-25(15-5-2-3-6-17(15)29-18)21(28)13-8-9-14(22)16(11-13)24-10-4-7-19(24)26/h2-3,5-6,8-9,11,18H,4,7,10,12H2,1H3,(H,23,27)/t18-/m0/s1. The maximum Gasteiger partial charge on any atom is 0.262 e. The Morgan fingerprint density at radius 1 is 1.17 bits per heavy atom. The molecule has 2 aromatic carbocycles. The van der Waals surface area contributed by atoms with Gasteiger partial charge in [0.25, 0.3) is 11.8 Å². The number of carbonyl (C=O) groups is 3. The second kappa shape index (κ2) is 7.75.